The van der Waals surface area contributed by atoms with Crippen molar-refractivity contribution in [3.8, 4) is 0 Å². The Labute approximate surface area is 112 Å². The van der Waals surface area contributed by atoms with Crippen LogP contribution in [0.2, 0.25) is 0 Å². The summed E-state index contributed by atoms with van der Waals surface area (Å²) in [6.07, 6.45) is 10.1. The monoisotopic (exact) mass is 255 g/mol. The van der Waals surface area contributed by atoms with Gasteiger partial charge in [0.05, 0.1) is 12.2 Å². The summed E-state index contributed by atoms with van der Waals surface area (Å²) >= 11 is 0. The van der Waals surface area contributed by atoms with E-state index in [2.05, 4.69) is 11.8 Å². The van der Waals surface area contributed by atoms with Gasteiger partial charge in [-0.05, 0) is 38.6 Å². The number of nitrogens with zero attached hydrogens (tertiary/aromatic N) is 1. The molecule has 1 atom stereocenters. The Hall–Kier alpha value is -0.120. The van der Waals surface area contributed by atoms with E-state index < -0.39 is 0 Å². The summed E-state index contributed by atoms with van der Waals surface area (Å²) in [4.78, 5) is 2.48. The van der Waals surface area contributed by atoms with E-state index in [4.69, 9.17) is 4.74 Å². The lowest BCUT2D eigenvalue weighted by atomic mass is 9.78. The van der Waals surface area contributed by atoms with E-state index in [9.17, 15) is 5.11 Å². The molecule has 2 aliphatic rings. The molecule has 1 spiro atoms. The van der Waals surface area contributed by atoms with Gasteiger partial charge in [0, 0.05) is 19.2 Å². The van der Waals surface area contributed by atoms with Crippen LogP contribution in [0.25, 0.3) is 0 Å². The molecule has 1 aliphatic heterocycles. The summed E-state index contributed by atoms with van der Waals surface area (Å²) in [6, 6.07) is 0.629. The topological polar surface area (TPSA) is 32.7 Å². The average molecular weight is 255 g/mol. The summed E-state index contributed by atoms with van der Waals surface area (Å²) in [5.41, 5.74) is 0.183. The van der Waals surface area contributed by atoms with Gasteiger partial charge in [0.1, 0.15) is 0 Å². The van der Waals surface area contributed by atoms with Gasteiger partial charge >= 0.3 is 0 Å². The Morgan fingerprint density at radius 2 is 2.00 bits per heavy atom. The van der Waals surface area contributed by atoms with E-state index >= 15 is 0 Å². The van der Waals surface area contributed by atoms with Crippen LogP contribution < -0.4 is 0 Å². The third-order valence-corrected chi connectivity index (χ3v) is 4.65. The van der Waals surface area contributed by atoms with Gasteiger partial charge in [-0.3, -0.25) is 4.90 Å². The fraction of sp³-hybridized carbons (Fsp3) is 1.00. The molecule has 2 rings (SSSR count). The minimum atomic E-state index is 0.183. The van der Waals surface area contributed by atoms with Gasteiger partial charge in [-0.1, -0.05) is 26.2 Å². The van der Waals surface area contributed by atoms with Gasteiger partial charge in [-0.25, -0.2) is 0 Å². The smallest absolute Gasteiger partial charge is 0.0697 e. The lowest BCUT2D eigenvalue weighted by Gasteiger charge is -2.46. The van der Waals surface area contributed by atoms with Crippen LogP contribution in [0.15, 0.2) is 0 Å². The fourth-order valence-electron chi connectivity index (χ4n) is 3.75. The summed E-state index contributed by atoms with van der Waals surface area (Å²) in [5.74, 6) is 0. The number of rotatable bonds is 5. The van der Waals surface area contributed by atoms with Crippen molar-refractivity contribution < 1.29 is 9.84 Å². The van der Waals surface area contributed by atoms with Gasteiger partial charge in [-0.15, -0.1) is 0 Å². The third-order valence-electron chi connectivity index (χ3n) is 4.65. The van der Waals surface area contributed by atoms with E-state index in [0.717, 1.165) is 26.1 Å². The lowest BCUT2D eigenvalue weighted by molar-refractivity contribution is -0.125. The van der Waals surface area contributed by atoms with Gasteiger partial charge in [-0.2, -0.15) is 0 Å². The Bertz CT molecular complexity index is 227. The van der Waals surface area contributed by atoms with E-state index in [-0.39, 0.29) is 12.2 Å². The zero-order chi connectivity index (χ0) is 12.8. The summed E-state index contributed by atoms with van der Waals surface area (Å²) in [5, 5.41) is 9.22. The first-order valence-corrected chi connectivity index (χ1v) is 7.78. The molecule has 0 aromatic carbocycles. The Morgan fingerprint density at radius 1 is 1.22 bits per heavy atom. The minimum Gasteiger partial charge on any atom is -0.395 e. The molecule has 1 N–H and O–H groups in total. The fourth-order valence-corrected chi connectivity index (χ4v) is 3.75. The van der Waals surface area contributed by atoms with Gasteiger partial charge in [0.25, 0.3) is 0 Å². The maximum Gasteiger partial charge on any atom is 0.0697 e. The molecule has 18 heavy (non-hydrogen) atoms. The minimum absolute atomic E-state index is 0.183. The van der Waals surface area contributed by atoms with Crippen LogP contribution in [-0.4, -0.2) is 48.0 Å². The van der Waals surface area contributed by atoms with E-state index in [1.807, 2.05) is 0 Å². The van der Waals surface area contributed by atoms with Crippen LogP contribution in [0.4, 0.5) is 0 Å². The molecule has 1 saturated carbocycles. The highest BCUT2D eigenvalue weighted by Gasteiger charge is 2.39. The summed E-state index contributed by atoms with van der Waals surface area (Å²) in [6.45, 7) is 5.36. The first kappa shape index (κ1) is 14.3. The van der Waals surface area contributed by atoms with Crippen molar-refractivity contribution in [2.45, 2.75) is 69.9 Å². The second-order valence-corrected chi connectivity index (χ2v) is 6.00. The number of ether oxygens (including phenoxy) is 1. The normalized spacial score (nSPS) is 27.8. The van der Waals surface area contributed by atoms with Gasteiger partial charge in [0.2, 0.25) is 0 Å². The molecule has 106 valence electrons. The second kappa shape index (κ2) is 6.88. The number of aliphatic hydroxyl groups excluding tert-OH is 1. The van der Waals surface area contributed by atoms with Crippen molar-refractivity contribution in [1.29, 1.82) is 0 Å². The highest BCUT2D eigenvalue weighted by atomic mass is 16.5. The molecule has 0 amide bonds. The molecular weight excluding hydrogens is 226 g/mol. The molecule has 1 aliphatic carbocycles. The molecule has 1 unspecified atom stereocenters. The molecule has 0 radical (unpaired) electrons. The summed E-state index contributed by atoms with van der Waals surface area (Å²) < 4.78 is 6.15. The second-order valence-electron chi connectivity index (χ2n) is 6.00. The molecule has 3 heteroatoms. The number of hydrogen-bond acceptors (Lipinski definition) is 3. The lowest BCUT2D eigenvalue weighted by Crippen LogP contribution is -2.50. The van der Waals surface area contributed by atoms with Gasteiger partial charge in [0.15, 0.2) is 0 Å². The first-order chi connectivity index (χ1) is 8.79. The van der Waals surface area contributed by atoms with Crippen LogP contribution in [0.3, 0.4) is 0 Å². The van der Waals surface area contributed by atoms with Crippen LogP contribution in [-0.2, 0) is 4.74 Å². The Kier molecular flexibility index (Phi) is 5.46. The first-order valence-electron chi connectivity index (χ1n) is 7.78. The molecule has 3 nitrogen and oxygen atoms in total. The summed E-state index contributed by atoms with van der Waals surface area (Å²) in [7, 11) is 0. The standard InChI is InChI=1S/C15H29NO2/c1-2-9-16(10-11-17)14-6-12-18-15(13-14)7-4-3-5-8-15/h14,17H,2-13H2,1H3. The Balaban J connectivity index is 1.95. The highest BCUT2D eigenvalue weighted by molar-refractivity contribution is 4.92. The molecular formula is C15H29NO2. The predicted octanol–water partition coefficient (Wildman–Crippen LogP) is 2.57. The number of hydrogen-bond donors (Lipinski definition) is 1. The molecule has 1 saturated heterocycles. The largest absolute Gasteiger partial charge is 0.395 e. The van der Waals surface area contributed by atoms with Crippen molar-refractivity contribution in [3.05, 3.63) is 0 Å². The molecule has 0 aromatic rings. The number of aliphatic hydroxyl groups is 1. The van der Waals surface area contributed by atoms with E-state index in [1.165, 1.54) is 44.9 Å². The van der Waals surface area contributed by atoms with Crippen molar-refractivity contribution in [2.24, 2.45) is 0 Å². The maximum atomic E-state index is 9.22. The van der Waals surface area contributed by atoms with Crippen molar-refractivity contribution >= 4 is 0 Å². The van der Waals surface area contributed by atoms with Crippen LogP contribution in [0, 0.1) is 0 Å². The molecule has 2 fully saturated rings. The molecule has 0 bridgehead atoms. The third kappa shape index (κ3) is 3.46. The van der Waals surface area contributed by atoms with Crippen LogP contribution >= 0.6 is 0 Å². The zero-order valence-electron chi connectivity index (χ0n) is 11.9. The zero-order valence-corrected chi connectivity index (χ0v) is 11.9. The Morgan fingerprint density at radius 3 is 2.67 bits per heavy atom. The molecule has 0 aromatic heterocycles. The highest BCUT2D eigenvalue weighted by Crippen LogP contribution is 2.39. The van der Waals surface area contributed by atoms with Crippen molar-refractivity contribution in [3.63, 3.8) is 0 Å². The van der Waals surface area contributed by atoms with Crippen LogP contribution in [0.1, 0.15) is 58.3 Å². The molecule has 1 heterocycles. The predicted molar refractivity (Wildman–Crippen MR) is 73.7 cm³/mol. The van der Waals surface area contributed by atoms with Crippen molar-refractivity contribution in [2.75, 3.05) is 26.3 Å². The van der Waals surface area contributed by atoms with Gasteiger partial charge < -0.3 is 9.84 Å². The van der Waals surface area contributed by atoms with Crippen molar-refractivity contribution in [1.82, 2.24) is 4.90 Å². The van der Waals surface area contributed by atoms with Crippen LogP contribution in [0.5, 0.6) is 0 Å². The van der Waals surface area contributed by atoms with E-state index in [1.54, 1.807) is 0 Å². The average Bonchev–Trinajstić information content (AvgIpc) is 2.39. The SMILES string of the molecule is CCCN(CCO)C1CCOC2(CCCCC2)C1. The maximum absolute atomic E-state index is 9.22. The van der Waals surface area contributed by atoms with E-state index in [0.29, 0.717) is 6.04 Å². The quantitative estimate of drug-likeness (QED) is 0.819.